The second kappa shape index (κ2) is 6.45. The Morgan fingerprint density at radius 3 is 2.32 bits per heavy atom. The van der Waals surface area contributed by atoms with Crippen LogP contribution in [0.4, 0.5) is 0 Å². The van der Waals surface area contributed by atoms with E-state index in [9.17, 15) is 14.4 Å². The van der Waals surface area contributed by atoms with Gasteiger partial charge in [0.15, 0.2) is 0 Å². The number of rotatable bonds is 0. The van der Waals surface area contributed by atoms with Gasteiger partial charge in [-0.1, -0.05) is 48.1 Å². The highest BCUT2D eigenvalue weighted by Crippen LogP contribution is 2.77. The zero-order chi connectivity index (χ0) is 24.6. The highest BCUT2D eigenvalue weighted by Gasteiger charge is 2.73. The summed E-state index contributed by atoms with van der Waals surface area (Å²) in [5.74, 6) is 1.69. The van der Waals surface area contributed by atoms with Gasteiger partial charge in [-0.15, -0.1) is 0 Å². The zero-order valence-electron chi connectivity index (χ0n) is 22.0. The van der Waals surface area contributed by atoms with Gasteiger partial charge in [-0.25, -0.2) is 4.79 Å². The van der Waals surface area contributed by atoms with Gasteiger partial charge < -0.3 is 4.74 Å². The van der Waals surface area contributed by atoms with Crippen LogP contribution in [-0.2, 0) is 19.1 Å². The molecule has 0 spiro atoms. The van der Waals surface area contributed by atoms with Gasteiger partial charge in [-0.3, -0.25) is 9.59 Å². The molecule has 0 bridgehead atoms. The van der Waals surface area contributed by atoms with E-state index in [1.54, 1.807) is 0 Å². The molecule has 6 fully saturated rings. The molecule has 0 unspecified atom stereocenters. The number of carbonyl (C=O) groups excluding carboxylic acids is 3. The first kappa shape index (κ1) is 23.0. The average Bonchev–Trinajstić information content (AvgIpc) is 3.16. The molecule has 4 heteroatoms. The first-order chi connectivity index (χ1) is 15.7. The molecule has 186 valence electrons. The highest BCUT2D eigenvalue weighted by atomic mass is 16.6. The SMILES string of the molecule is C=C1C(=O)O[C@@H]2C[C@]3(C)CC[C@]4(C)[C@H](CC[C@@H]5[C@@]6(C)CCC(=O)C(C)(C)[C@@H]6C(=O)C[C@]54C)[C@H]3[C@H]12. The van der Waals surface area contributed by atoms with Gasteiger partial charge in [-0.2, -0.15) is 0 Å². The summed E-state index contributed by atoms with van der Waals surface area (Å²) in [5.41, 5.74) is 0.136. The van der Waals surface area contributed by atoms with E-state index in [0.29, 0.717) is 42.0 Å². The molecule has 0 amide bonds. The Labute approximate surface area is 204 Å². The van der Waals surface area contributed by atoms with Crippen molar-refractivity contribution >= 4 is 17.5 Å². The Kier molecular flexibility index (Phi) is 4.36. The lowest BCUT2D eigenvalue weighted by Crippen LogP contribution is -2.68. The van der Waals surface area contributed by atoms with Gasteiger partial charge in [0.1, 0.15) is 17.7 Å². The molecule has 1 aliphatic heterocycles. The predicted molar refractivity (Wildman–Crippen MR) is 130 cm³/mol. The zero-order valence-corrected chi connectivity index (χ0v) is 22.0. The molecule has 0 aromatic heterocycles. The molecule has 4 nitrogen and oxygen atoms in total. The fourth-order valence-corrected chi connectivity index (χ4v) is 11.5. The molecule has 6 rings (SSSR count). The summed E-state index contributed by atoms with van der Waals surface area (Å²) in [6, 6.07) is 0. The smallest absolute Gasteiger partial charge is 0.334 e. The molecule has 10 atom stereocenters. The third-order valence-corrected chi connectivity index (χ3v) is 13.1. The molecule has 6 aliphatic rings. The van der Waals surface area contributed by atoms with E-state index in [2.05, 4.69) is 34.3 Å². The summed E-state index contributed by atoms with van der Waals surface area (Å²) in [7, 11) is 0. The van der Waals surface area contributed by atoms with Crippen LogP contribution in [0.5, 0.6) is 0 Å². The van der Waals surface area contributed by atoms with Crippen LogP contribution in [0, 0.1) is 56.7 Å². The van der Waals surface area contributed by atoms with E-state index in [4.69, 9.17) is 4.74 Å². The number of Topliss-reactive ketones (excluding diaryl/α,β-unsaturated/α-hetero) is 2. The van der Waals surface area contributed by atoms with E-state index in [1.807, 2.05) is 13.8 Å². The van der Waals surface area contributed by atoms with Gasteiger partial charge in [0.05, 0.1) is 0 Å². The number of fused-ring (bicyclic) bond motifs is 9. The fourth-order valence-electron chi connectivity index (χ4n) is 11.5. The minimum atomic E-state index is -0.563. The second-order valence-corrected chi connectivity index (χ2v) is 14.7. The molecule has 5 aliphatic carbocycles. The van der Waals surface area contributed by atoms with Crippen LogP contribution in [0.3, 0.4) is 0 Å². The van der Waals surface area contributed by atoms with Gasteiger partial charge >= 0.3 is 5.97 Å². The Morgan fingerprint density at radius 1 is 0.912 bits per heavy atom. The summed E-state index contributed by atoms with van der Waals surface area (Å²) in [6.07, 6.45) is 7.50. The van der Waals surface area contributed by atoms with Crippen molar-refractivity contribution in [3.63, 3.8) is 0 Å². The summed E-state index contributed by atoms with van der Waals surface area (Å²) in [6.45, 7) is 17.9. The molecule has 1 heterocycles. The largest absolute Gasteiger partial charge is 0.458 e. The topological polar surface area (TPSA) is 60.4 Å². The van der Waals surface area contributed by atoms with Crippen molar-refractivity contribution in [3.8, 4) is 0 Å². The molecule has 0 aromatic carbocycles. The summed E-state index contributed by atoms with van der Waals surface area (Å²) >= 11 is 0. The lowest BCUT2D eigenvalue weighted by Gasteiger charge is -2.71. The van der Waals surface area contributed by atoms with Gasteiger partial charge in [0.2, 0.25) is 0 Å². The molecular formula is C30H42O4. The fraction of sp³-hybridized carbons (Fsp3) is 0.833. The van der Waals surface area contributed by atoms with Crippen LogP contribution in [0.15, 0.2) is 12.2 Å². The minimum Gasteiger partial charge on any atom is -0.458 e. The third kappa shape index (κ3) is 2.39. The Balaban J connectivity index is 1.43. The molecule has 0 radical (unpaired) electrons. The van der Waals surface area contributed by atoms with Crippen molar-refractivity contribution in [1.29, 1.82) is 0 Å². The average molecular weight is 467 g/mol. The number of carbonyl (C=O) groups is 3. The maximum Gasteiger partial charge on any atom is 0.334 e. The van der Waals surface area contributed by atoms with Gasteiger partial charge in [0, 0.05) is 35.7 Å². The van der Waals surface area contributed by atoms with Crippen molar-refractivity contribution in [1.82, 2.24) is 0 Å². The second-order valence-electron chi connectivity index (χ2n) is 14.7. The molecule has 1 saturated heterocycles. The van der Waals surface area contributed by atoms with Crippen LogP contribution in [0.25, 0.3) is 0 Å². The van der Waals surface area contributed by atoms with Gasteiger partial charge in [-0.05, 0) is 77.9 Å². The van der Waals surface area contributed by atoms with E-state index >= 15 is 0 Å². The van der Waals surface area contributed by atoms with E-state index in [0.717, 1.165) is 38.5 Å². The first-order valence-corrected chi connectivity index (χ1v) is 13.7. The number of ketones is 2. The number of esters is 1. The molecular weight excluding hydrogens is 424 g/mol. The quantitative estimate of drug-likeness (QED) is 0.328. The first-order valence-electron chi connectivity index (χ1n) is 13.7. The van der Waals surface area contributed by atoms with E-state index in [-0.39, 0.29) is 51.4 Å². The summed E-state index contributed by atoms with van der Waals surface area (Å²) in [5, 5.41) is 0. The minimum absolute atomic E-state index is 0.0112. The standard InChI is InChI=1S/C30H42O4/c1-16-22-19(34-25(16)33)15-27(4)12-13-29(6)17(23(22)27)8-9-20-28(5)11-10-21(32)26(2,3)24(28)18(31)14-30(20,29)7/h17,19-20,22-24H,1,8-15H2,2-7H3/t17-,19-,20-,22-,23+,24+,27+,28-,29-,30-/m1/s1. The predicted octanol–water partition coefficient (Wildman–Crippen LogP) is 5.93. The maximum atomic E-state index is 14.0. The van der Waals surface area contributed by atoms with Gasteiger partial charge in [0.25, 0.3) is 0 Å². The van der Waals surface area contributed by atoms with Crippen LogP contribution < -0.4 is 0 Å². The van der Waals surface area contributed by atoms with E-state index < -0.39 is 5.41 Å². The number of hydrogen-bond donors (Lipinski definition) is 0. The highest BCUT2D eigenvalue weighted by molar-refractivity contribution is 5.95. The Bertz CT molecular complexity index is 1020. The number of hydrogen-bond acceptors (Lipinski definition) is 4. The van der Waals surface area contributed by atoms with Crippen LogP contribution in [0.2, 0.25) is 0 Å². The van der Waals surface area contributed by atoms with Crippen LogP contribution in [0.1, 0.15) is 92.9 Å². The van der Waals surface area contributed by atoms with Crippen molar-refractivity contribution in [2.24, 2.45) is 56.7 Å². The van der Waals surface area contributed by atoms with Crippen molar-refractivity contribution in [2.45, 2.75) is 99.0 Å². The Morgan fingerprint density at radius 2 is 1.62 bits per heavy atom. The lowest BCUT2D eigenvalue weighted by atomic mass is 9.32. The van der Waals surface area contributed by atoms with Crippen LogP contribution >= 0.6 is 0 Å². The normalized spacial score (nSPS) is 55.6. The van der Waals surface area contributed by atoms with Crippen molar-refractivity contribution < 1.29 is 19.1 Å². The van der Waals surface area contributed by atoms with Crippen molar-refractivity contribution in [3.05, 3.63) is 12.2 Å². The molecule has 0 aromatic rings. The monoisotopic (exact) mass is 466 g/mol. The molecule has 0 N–H and O–H groups in total. The van der Waals surface area contributed by atoms with Crippen LogP contribution in [-0.4, -0.2) is 23.6 Å². The Hall–Kier alpha value is -1.45. The van der Waals surface area contributed by atoms with Crippen molar-refractivity contribution in [2.75, 3.05) is 0 Å². The third-order valence-electron chi connectivity index (χ3n) is 13.1. The maximum absolute atomic E-state index is 14.0. The summed E-state index contributed by atoms with van der Waals surface area (Å²) in [4.78, 5) is 39.4. The molecule has 34 heavy (non-hydrogen) atoms. The lowest BCUT2D eigenvalue weighted by molar-refractivity contribution is -0.226. The number of ether oxygens (including phenoxy) is 1. The summed E-state index contributed by atoms with van der Waals surface area (Å²) < 4.78 is 5.81. The van der Waals surface area contributed by atoms with E-state index in [1.165, 1.54) is 0 Å². The molecule has 5 saturated carbocycles.